The molecular formula is C15H12F4S. The van der Waals surface area contributed by atoms with Gasteiger partial charge in [-0.25, -0.2) is 4.39 Å². The SMILES string of the molecule is Fc1cc(S)cc(CCc2cccc(C(F)(F)F)c2)c1. The topological polar surface area (TPSA) is 0 Å². The Morgan fingerprint density at radius 1 is 0.900 bits per heavy atom. The van der Waals surface area contributed by atoms with E-state index in [1.807, 2.05) is 0 Å². The fourth-order valence-corrected chi connectivity index (χ4v) is 2.26. The molecule has 2 rings (SSSR count). The van der Waals surface area contributed by atoms with Crippen LogP contribution in [0.2, 0.25) is 0 Å². The lowest BCUT2D eigenvalue weighted by atomic mass is 10.0. The van der Waals surface area contributed by atoms with Crippen LogP contribution in [0.1, 0.15) is 16.7 Å². The number of hydrogen-bond donors (Lipinski definition) is 1. The second-order valence-electron chi connectivity index (χ2n) is 4.52. The highest BCUT2D eigenvalue weighted by Crippen LogP contribution is 2.29. The zero-order valence-electron chi connectivity index (χ0n) is 10.4. The molecule has 0 radical (unpaired) electrons. The monoisotopic (exact) mass is 300 g/mol. The van der Waals surface area contributed by atoms with Gasteiger partial charge in [0, 0.05) is 4.90 Å². The number of halogens is 4. The molecule has 0 saturated heterocycles. The average Bonchev–Trinajstić information content (AvgIpc) is 2.35. The summed E-state index contributed by atoms with van der Waals surface area (Å²) in [6.45, 7) is 0. The van der Waals surface area contributed by atoms with Crippen molar-refractivity contribution in [3.8, 4) is 0 Å². The zero-order chi connectivity index (χ0) is 14.8. The van der Waals surface area contributed by atoms with Gasteiger partial charge in [0.15, 0.2) is 0 Å². The summed E-state index contributed by atoms with van der Waals surface area (Å²) in [5.74, 6) is -0.392. The predicted molar refractivity (Wildman–Crippen MR) is 72.5 cm³/mol. The lowest BCUT2D eigenvalue weighted by Crippen LogP contribution is -2.05. The Hall–Kier alpha value is -1.49. The van der Waals surface area contributed by atoms with E-state index in [1.165, 1.54) is 18.2 Å². The molecule has 0 aromatic heterocycles. The first-order valence-corrected chi connectivity index (χ1v) is 6.44. The van der Waals surface area contributed by atoms with Crippen LogP contribution in [0.15, 0.2) is 47.4 Å². The van der Waals surface area contributed by atoms with Crippen LogP contribution >= 0.6 is 12.6 Å². The van der Waals surface area contributed by atoms with E-state index in [2.05, 4.69) is 12.6 Å². The summed E-state index contributed by atoms with van der Waals surface area (Å²) < 4.78 is 50.9. The number of alkyl halides is 3. The number of benzene rings is 2. The van der Waals surface area contributed by atoms with Gasteiger partial charge in [0.25, 0.3) is 0 Å². The fourth-order valence-electron chi connectivity index (χ4n) is 1.97. The Kier molecular flexibility index (Phi) is 4.38. The van der Waals surface area contributed by atoms with Crippen molar-refractivity contribution in [3.05, 3.63) is 65.0 Å². The second kappa shape index (κ2) is 5.87. The first kappa shape index (κ1) is 14.9. The van der Waals surface area contributed by atoms with E-state index in [1.54, 1.807) is 12.1 Å². The first-order valence-electron chi connectivity index (χ1n) is 5.99. The van der Waals surface area contributed by atoms with Gasteiger partial charge in [-0.15, -0.1) is 12.6 Å². The van der Waals surface area contributed by atoms with Crippen LogP contribution in [0.4, 0.5) is 17.6 Å². The Labute approximate surface area is 119 Å². The van der Waals surface area contributed by atoms with E-state index in [-0.39, 0.29) is 0 Å². The van der Waals surface area contributed by atoms with E-state index in [9.17, 15) is 17.6 Å². The van der Waals surface area contributed by atoms with Crippen LogP contribution in [0.25, 0.3) is 0 Å². The van der Waals surface area contributed by atoms with Crippen LogP contribution in [-0.2, 0) is 19.0 Å². The van der Waals surface area contributed by atoms with Gasteiger partial charge in [0.05, 0.1) is 5.56 Å². The average molecular weight is 300 g/mol. The number of thiol groups is 1. The summed E-state index contributed by atoms with van der Waals surface area (Å²) in [7, 11) is 0. The third-order valence-corrected chi connectivity index (χ3v) is 3.16. The Morgan fingerprint density at radius 2 is 1.60 bits per heavy atom. The molecule has 0 bridgehead atoms. The summed E-state index contributed by atoms with van der Waals surface area (Å²) >= 11 is 4.07. The van der Waals surface area contributed by atoms with Crippen molar-refractivity contribution in [3.63, 3.8) is 0 Å². The molecule has 0 N–H and O–H groups in total. The molecular weight excluding hydrogens is 288 g/mol. The van der Waals surface area contributed by atoms with Crippen molar-refractivity contribution in [1.29, 1.82) is 0 Å². The molecule has 0 unspecified atom stereocenters. The Bertz CT molecular complexity index is 585. The van der Waals surface area contributed by atoms with Crippen LogP contribution in [-0.4, -0.2) is 0 Å². The van der Waals surface area contributed by atoms with Crippen molar-refractivity contribution in [1.82, 2.24) is 0 Å². The highest BCUT2D eigenvalue weighted by Gasteiger charge is 2.30. The summed E-state index contributed by atoms with van der Waals surface area (Å²) in [6, 6.07) is 9.55. The minimum atomic E-state index is -4.34. The molecule has 0 aliphatic rings. The van der Waals surface area contributed by atoms with Crippen molar-refractivity contribution >= 4 is 12.6 Å². The summed E-state index contributed by atoms with van der Waals surface area (Å²) in [5.41, 5.74) is 0.626. The molecule has 106 valence electrons. The molecule has 0 fully saturated rings. The maximum atomic E-state index is 13.2. The zero-order valence-corrected chi connectivity index (χ0v) is 11.3. The molecule has 0 saturated carbocycles. The molecule has 20 heavy (non-hydrogen) atoms. The van der Waals surface area contributed by atoms with Gasteiger partial charge in [0.2, 0.25) is 0 Å². The molecule has 0 nitrogen and oxygen atoms in total. The predicted octanol–water partition coefficient (Wildman–Crippen LogP) is 4.92. The molecule has 0 heterocycles. The van der Waals surface area contributed by atoms with Crippen LogP contribution < -0.4 is 0 Å². The van der Waals surface area contributed by atoms with Crippen LogP contribution in [0.5, 0.6) is 0 Å². The fraction of sp³-hybridized carbons (Fsp3) is 0.200. The van der Waals surface area contributed by atoms with E-state index in [4.69, 9.17) is 0 Å². The molecule has 0 amide bonds. The summed E-state index contributed by atoms with van der Waals surface area (Å²) in [5, 5.41) is 0. The van der Waals surface area contributed by atoms with Gasteiger partial charge < -0.3 is 0 Å². The van der Waals surface area contributed by atoms with Gasteiger partial charge >= 0.3 is 6.18 Å². The molecule has 0 spiro atoms. The molecule has 2 aromatic rings. The molecule has 0 aliphatic carbocycles. The highest BCUT2D eigenvalue weighted by molar-refractivity contribution is 7.80. The summed E-state index contributed by atoms with van der Waals surface area (Å²) in [4.78, 5) is 0.504. The van der Waals surface area contributed by atoms with Crippen molar-refractivity contribution < 1.29 is 17.6 Å². The van der Waals surface area contributed by atoms with E-state index >= 15 is 0 Å². The normalized spacial score (nSPS) is 11.7. The number of hydrogen-bond acceptors (Lipinski definition) is 1. The van der Waals surface area contributed by atoms with Gasteiger partial charge in [-0.1, -0.05) is 18.2 Å². The highest BCUT2D eigenvalue weighted by atomic mass is 32.1. The number of aryl methyl sites for hydroxylation is 2. The lowest BCUT2D eigenvalue weighted by Gasteiger charge is -2.09. The maximum Gasteiger partial charge on any atom is 0.416 e. The molecule has 2 aromatic carbocycles. The third kappa shape index (κ3) is 4.00. The van der Waals surface area contributed by atoms with Gasteiger partial charge in [-0.2, -0.15) is 13.2 Å². The maximum absolute atomic E-state index is 13.2. The van der Waals surface area contributed by atoms with Crippen molar-refractivity contribution in [2.24, 2.45) is 0 Å². The van der Waals surface area contributed by atoms with Gasteiger partial charge in [0.1, 0.15) is 5.82 Å². The summed E-state index contributed by atoms with van der Waals surface area (Å²) in [6.07, 6.45) is -3.46. The third-order valence-electron chi connectivity index (χ3n) is 2.90. The largest absolute Gasteiger partial charge is 0.416 e. The minimum absolute atomic E-state index is 0.392. The van der Waals surface area contributed by atoms with Crippen molar-refractivity contribution in [2.75, 3.05) is 0 Å². The smallest absolute Gasteiger partial charge is 0.207 e. The van der Waals surface area contributed by atoms with Gasteiger partial charge in [-0.05, 0) is 48.2 Å². The second-order valence-corrected chi connectivity index (χ2v) is 5.03. The lowest BCUT2D eigenvalue weighted by molar-refractivity contribution is -0.137. The van der Waals surface area contributed by atoms with Gasteiger partial charge in [-0.3, -0.25) is 0 Å². The molecule has 0 atom stereocenters. The van der Waals surface area contributed by atoms with Crippen LogP contribution in [0.3, 0.4) is 0 Å². The Balaban J connectivity index is 2.11. The minimum Gasteiger partial charge on any atom is -0.207 e. The van der Waals surface area contributed by atoms with E-state index in [0.29, 0.717) is 28.9 Å². The van der Waals surface area contributed by atoms with Crippen molar-refractivity contribution in [2.45, 2.75) is 23.9 Å². The van der Waals surface area contributed by atoms with Crippen LogP contribution in [0, 0.1) is 5.82 Å². The van der Waals surface area contributed by atoms with E-state index in [0.717, 1.165) is 12.1 Å². The standard InChI is InChI=1S/C15H12F4S/c16-13-7-11(8-14(20)9-13)5-4-10-2-1-3-12(6-10)15(17,18)19/h1-3,6-9,20H,4-5H2. The van der Waals surface area contributed by atoms with E-state index < -0.39 is 17.6 Å². The Morgan fingerprint density at radius 3 is 2.25 bits per heavy atom. The molecule has 5 heteroatoms. The number of rotatable bonds is 3. The first-order chi connectivity index (χ1) is 9.34. The quantitative estimate of drug-likeness (QED) is 0.604. The molecule has 0 aliphatic heterocycles.